The first-order valence-electron chi connectivity index (χ1n) is 5.83. The van der Waals surface area contributed by atoms with Gasteiger partial charge in [-0.2, -0.15) is 0 Å². The van der Waals surface area contributed by atoms with Crippen molar-refractivity contribution in [3.8, 4) is 22.6 Å². The molecule has 17 heavy (non-hydrogen) atoms. The minimum atomic E-state index is 0.191. The van der Waals surface area contributed by atoms with Gasteiger partial charge < -0.3 is 10.2 Å². The van der Waals surface area contributed by atoms with Gasteiger partial charge in [0.25, 0.3) is 0 Å². The molecule has 2 aromatic carbocycles. The van der Waals surface area contributed by atoms with E-state index in [0.29, 0.717) is 11.1 Å². The first kappa shape index (κ1) is 11.5. The summed E-state index contributed by atoms with van der Waals surface area (Å²) in [6.45, 7) is 2.08. The second-order valence-corrected chi connectivity index (χ2v) is 4.08. The van der Waals surface area contributed by atoms with Gasteiger partial charge in [-0.15, -0.1) is 0 Å². The SMILES string of the molecule is CCCc1cccc(-c2ccccc2O)c1O. The van der Waals surface area contributed by atoms with Crippen LogP contribution in [0.5, 0.6) is 11.5 Å². The number of para-hydroxylation sites is 2. The summed E-state index contributed by atoms with van der Waals surface area (Å²) in [5, 5.41) is 20.0. The van der Waals surface area contributed by atoms with E-state index in [2.05, 4.69) is 6.92 Å². The quantitative estimate of drug-likeness (QED) is 0.840. The molecule has 2 aromatic rings. The molecule has 0 fully saturated rings. The van der Waals surface area contributed by atoms with Gasteiger partial charge in [-0.05, 0) is 18.1 Å². The molecule has 0 atom stereocenters. The zero-order chi connectivity index (χ0) is 12.3. The molecule has 0 amide bonds. The van der Waals surface area contributed by atoms with Crippen molar-refractivity contribution in [1.29, 1.82) is 0 Å². The maximum atomic E-state index is 10.2. The molecule has 0 saturated carbocycles. The average Bonchev–Trinajstić information content (AvgIpc) is 2.33. The highest BCUT2D eigenvalue weighted by Gasteiger charge is 2.10. The van der Waals surface area contributed by atoms with E-state index in [4.69, 9.17) is 0 Å². The fourth-order valence-electron chi connectivity index (χ4n) is 1.98. The number of rotatable bonds is 3. The van der Waals surface area contributed by atoms with Crippen molar-refractivity contribution in [2.24, 2.45) is 0 Å². The highest BCUT2D eigenvalue weighted by Crippen LogP contribution is 2.37. The monoisotopic (exact) mass is 228 g/mol. The molecule has 88 valence electrons. The molecule has 0 radical (unpaired) electrons. The van der Waals surface area contributed by atoms with E-state index < -0.39 is 0 Å². The standard InChI is InChI=1S/C15H16O2/c1-2-6-11-7-5-9-13(15(11)17)12-8-3-4-10-14(12)16/h3-5,7-10,16-17H,2,6H2,1H3. The zero-order valence-electron chi connectivity index (χ0n) is 9.85. The van der Waals surface area contributed by atoms with Gasteiger partial charge in [0.1, 0.15) is 11.5 Å². The maximum absolute atomic E-state index is 10.2. The normalized spacial score (nSPS) is 10.4. The molecule has 2 rings (SSSR count). The topological polar surface area (TPSA) is 40.5 Å². The lowest BCUT2D eigenvalue weighted by Crippen LogP contribution is -1.87. The van der Waals surface area contributed by atoms with Crippen LogP contribution in [-0.2, 0) is 6.42 Å². The second kappa shape index (κ2) is 4.91. The van der Waals surface area contributed by atoms with E-state index in [1.165, 1.54) is 0 Å². The fourth-order valence-corrected chi connectivity index (χ4v) is 1.98. The van der Waals surface area contributed by atoms with E-state index >= 15 is 0 Å². The Labute approximate surface area is 101 Å². The fraction of sp³-hybridized carbons (Fsp3) is 0.200. The molecule has 0 heterocycles. The van der Waals surface area contributed by atoms with E-state index in [0.717, 1.165) is 18.4 Å². The number of aromatic hydroxyl groups is 2. The lowest BCUT2D eigenvalue weighted by atomic mass is 9.99. The summed E-state index contributed by atoms with van der Waals surface area (Å²) in [6, 6.07) is 12.7. The predicted molar refractivity (Wildman–Crippen MR) is 69.2 cm³/mol. The van der Waals surface area contributed by atoms with Crippen LogP contribution in [0.15, 0.2) is 42.5 Å². The number of phenolic OH excluding ortho intramolecular Hbond substituents is 2. The Kier molecular flexibility index (Phi) is 3.33. The maximum Gasteiger partial charge on any atom is 0.126 e. The van der Waals surface area contributed by atoms with Crippen LogP contribution in [0.2, 0.25) is 0 Å². The molecule has 0 bridgehead atoms. The summed E-state index contributed by atoms with van der Waals surface area (Å²) in [5.41, 5.74) is 2.28. The Hall–Kier alpha value is -1.96. The van der Waals surface area contributed by atoms with Gasteiger partial charge in [0.2, 0.25) is 0 Å². The lowest BCUT2D eigenvalue weighted by molar-refractivity contribution is 0.464. The third kappa shape index (κ3) is 2.26. The highest BCUT2D eigenvalue weighted by molar-refractivity contribution is 5.76. The Bertz CT molecular complexity index is 518. The average molecular weight is 228 g/mol. The Morgan fingerprint density at radius 1 is 0.882 bits per heavy atom. The van der Waals surface area contributed by atoms with Crippen molar-refractivity contribution < 1.29 is 10.2 Å². The van der Waals surface area contributed by atoms with E-state index in [1.54, 1.807) is 18.2 Å². The predicted octanol–water partition coefficient (Wildman–Crippen LogP) is 3.72. The van der Waals surface area contributed by atoms with Crippen molar-refractivity contribution in [3.05, 3.63) is 48.0 Å². The van der Waals surface area contributed by atoms with E-state index in [1.807, 2.05) is 24.3 Å². The van der Waals surface area contributed by atoms with Crippen molar-refractivity contribution >= 4 is 0 Å². The van der Waals surface area contributed by atoms with Crippen LogP contribution in [0.1, 0.15) is 18.9 Å². The van der Waals surface area contributed by atoms with Gasteiger partial charge in [0, 0.05) is 11.1 Å². The van der Waals surface area contributed by atoms with Crippen LogP contribution in [0.25, 0.3) is 11.1 Å². The van der Waals surface area contributed by atoms with Crippen molar-refractivity contribution in [2.75, 3.05) is 0 Å². The smallest absolute Gasteiger partial charge is 0.126 e. The Balaban J connectivity index is 2.53. The third-order valence-electron chi connectivity index (χ3n) is 2.83. The first-order valence-corrected chi connectivity index (χ1v) is 5.83. The highest BCUT2D eigenvalue weighted by atomic mass is 16.3. The third-order valence-corrected chi connectivity index (χ3v) is 2.83. The number of hydrogen-bond acceptors (Lipinski definition) is 2. The van der Waals surface area contributed by atoms with Crippen LogP contribution >= 0.6 is 0 Å². The minimum Gasteiger partial charge on any atom is -0.507 e. The van der Waals surface area contributed by atoms with Gasteiger partial charge in [-0.3, -0.25) is 0 Å². The lowest BCUT2D eigenvalue weighted by Gasteiger charge is -2.10. The van der Waals surface area contributed by atoms with E-state index in [-0.39, 0.29) is 11.5 Å². The van der Waals surface area contributed by atoms with Gasteiger partial charge in [-0.25, -0.2) is 0 Å². The summed E-state index contributed by atoms with van der Waals surface area (Å²) in [4.78, 5) is 0. The molecule has 0 aromatic heterocycles. The van der Waals surface area contributed by atoms with Gasteiger partial charge >= 0.3 is 0 Å². The van der Waals surface area contributed by atoms with Gasteiger partial charge in [0.15, 0.2) is 0 Å². The molecule has 0 aliphatic heterocycles. The molecule has 0 aliphatic carbocycles. The van der Waals surface area contributed by atoms with Gasteiger partial charge in [-0.1, -0.05) is 49.7 Å². The summed E-state index contributed by atoms with van der Waals surface area (Å²) in [6.07, 6.45) is 1.82. The van der Waals surface area contributed by atoms with Crippen LogP contribution in [0, 0.1) is 0 Å². The van der Waals surface area contributed by atoms with Crippen LogP contribution < -0.4 is 0 Å². The Morgan fingerprint density at radius 3 is 2.29 bits per heavy atom. The zero-order valence-corrected chi connectivity index (χ0v) is 9.85. The molecular formula is C15H16O2. The summed E-state index contributed by atoms with van der Waals surface area (Å²) >= 11 is 0. The molecule has 0 aliphatic rings. The number of hydrogen-bond donors (Lipinski definition) is 2. The van der Waals surface area contributed by atoms with Crippen LogP contribution in [0.3, 0.4) is 0 Å². The van der Waals surface area contributed by atoms with Crippen LogP contribution in [-0.4, -0.2) is 10.2 Å². The summed E-state index contributed by atoms with van der Waals surface area (Å²) < 4.78 is 0. The summed E-state index contributed by atoms with van der Waals surface area (Å²) in [5.74, 6) is 0.465. The molecule has 0 unspecified atom stereocenters. The minimum absolute atomic E-state index is 0.191. The number of aryl methyl sites for hydroxylation is 1. The molecule has 0 saturated heterocycles. The molecule has 2 N–H and O–H groups in total. The van der Waals surface area contributed by atoms with Gasteiger partial charge in [0.05, 0.1) is 0 Å². The number of benzene rings is 2. The largest absolute Gasteiger partial charge is 0.507 e. The van der Waals surface area contributed by atoms with Crippen molar-refractivity contribution in [1.82, 2.24) is 0 Å². The summed E-state index contributed by atoms with van der Waals surface area (Å²) in [7, 11) is 0. The Morgan fingerprint density at radius 2 is 1.59 bits per heavy atom. The molecule has 0 spiro atoms. The number of phenols is 2. The van der Waals surface area contributed by atoms with Crippen LogP contribution in [0.4, 0.5) is 0 Å². The van der Waals surface area contributed by atoms with Crippen molar-refractivity contribution in [3.63, 3.8) is 0 Å². The molecule has 2 heteroatoms. The van der Waals surface area contributed by atoms with Crippen molar-refractivity contribution in [2.45, 2.75) is 19.8 Å². The second-order valence-electron chi connectivity index (χ2n) is 4.08. The first-order chi connectivity index (χ1) is 8.24. The molecular weight excluding hydrogens is 212 g/mol. The molecule has 2 nitrogen and oxygen atoms in total. The van der Waals surface area contributed by atoms with E-state index in [9.17, 15) is 10.2 Å².